The van der Waals surface area contributed by atoms with Gasteiger partial charge in [-0.3, -0.25) is 9.88 Å². The highest BCUT2D eigenvalue weighted by molar-refractivity contribution is 5.18. The molecule has 1 saturated heterocycles. The standard InChI is InChI=1S/C15H25N3/c1-3-13-6-5-11-18(13)15(14(16)4-2)12-7-9-17-10-8-12/h7-10,13-15H,3-6,11,16H2,1-2H3. The van der Waals surface area contributed by atoms with Crippen molar-refractivity contribution in [2.45, 2.75) is 57.7 Å². The minimum atomic E-state index is 0.208. The van der Waals surface area contributed by atoms with Crippen LogP contribution in [0, 0.1) is 0 Å². The van der Waals surface area contributed by atoms with Crippen molar-refractivity contribution in [1.82, 2.24) is 9.88 Å². The Morgan fingerprint density at radius 2 is 2.11 bits per heavy atom. The lowest BCUT2D eigenvalue weighted by Gasteiger charge is -2.36. The molecule has 0 aliphatic carbocycles. The van der Waals surface area contributed by atoms with Gasteiger partial charge >= 0.3 is 0 Å². The SMILES string of the molecule is CCC(N)C(c1ccncc1)N1CCCC1CC. The van der Waals surface area contributed by atoms with Crippen molar-refractivity contribution in [2.24, 2.45) is 5.73 Å². The van der Waals surface area contributed by atoms with Crippen LogP contribution in [0.4, 0.5) is 0 Å². The van der Waals surface area contributed by atoms with Gasteiger partial charge in [0.2, 0.25) is 0 Å². The Kier molecular flexibility index (Phi) is 4.72. The number of hydrogen-bond donors (Lipinski definition) is 1. The number of pyridine rings is 1. The van der Waals surface area contributed by atoms with Gasteiger partial charge < -0.3 is 5.73 Å². The van der Waals surface area contributed by atoms with Gasteiger partial charge in [0.25, 0.3) is 0 Å². The van der Waals surface area contributed by atoms with Crippen LogP contribution in [0.2, 0.25) is 0 Å². The second-order valence-corrected chi connectivity index (χ2v) is 5.24. The zero-order valence-electron chi connectivity index (χ0n) is 11.5. The Morgan fingerprint density at radius 1 is 1.39 bits per heavy atom. The van der Waals surface area contributed by atoms with E-state index in [4.69, 9.17) is 5.73 Å². The lowest BCUT2D eigenvalue weighted by atomic mass is 9.96. The first kappa shape index (κ1) is 13.5. The molecule has 0 bridgehead atoms. The van der Waals surface area contributed by atoms with Gasteiger partial charge in [0.05, 0.1) is 6.04 Å². The van der Waals surface area contributed by atoms with Crippen LogP contribution in [0.1, 0.15) is 51.1 Å². The molecular formula is C15H25N3. The summed E-state index contributed by atoms with van der Waals surface area (Å²) in [6.07, 6.45) is 8.60. The van der Waals surface area contributed by atoms with Crippen molar-refractivity contribution in [3.8, 4) is 0 Å². The number of hydrogen-bond acceptors (Lipinski definition) is 3. The number of nitrogens with zero attached hydrogens (tertiary/aromatic N) is 2. The lowest BCUT2D eigenvalue weighted by molar-refractivity contribution is 0.150. The van der Waals surface area contributed by atoms with Crippen molar-refractivity contribution < 1.29 is 0 Å². The molecule has 3 unspecified atom stereocenters. The topological polar surface area (TPSA) is 42.1 Å². The Labute approximate surface area is 110 Å². The second-order valence-electron chi connectivity index (χ2n) is 5.24. The van der Waals surface area contributed by atoms with Gasteiger partial charge in [-0.1, -0.05) is 13.8 Å². The number of aromatic nitrogens is 1. The largest absolute Gasteiger partial charge is 0.326 e. The molecule has 3 heteroatoms. The predicted molar refractivity (Wildman–Crippen MR) is 75.3 cm³/mol. The van der Waals surface area contributed by atoms with Crippen LogP contribution in [0.3, 0.4) is 0 Å². The van der Waals surface area contributed by atoms with Crippen LogP contribution in [0.25, 0.3) is 0 Å². The fourth-order valence-corrected chi connectivity index (χ4v) is 3.13. The van der Waals surface area contributed by atoms with Gasteiger partial charge in [-0.2, -0.15) is 0 Å². The summed E-state index contributed by atoms with van der Waals surface area (Å²) < 4.78 is 0. The summed E-state index contributed by atoms with van der Waals surface area (Å²) >= 11 is 0. The molecule has 0 saturated carbocycles. The monoisotopic (exact) mass is 247 g/mol. The van der Waals surface area contributed by atoms with Gasteiger partial charge in [-0.25, -0.2) is 0 Å². The van der Waals surface area contributed by atoms with Gasteiger partial charge in [0.15, 0.2) is 0 Å². The third-order valence-electron chi connectivity index (χ3n) is 4.18. The van der Waals surface area contributed by atoms with Crippen LogP contribution in [-0.2, 0) is 0 Å². The first-order valence-corrected chi connectivity index (χ1v) is 7.19. The summed E-state index contributed by atoms with van der Waals surface area (Å²) in [6, 6.07) is 5.49. The molecule has 3 nitrogen and oxygen atoms in total. The van der Waals surface area contributed by atoms with Crippen molar-refractivity contribution in [1.29, 1.82) is 0 Å². The number of rotatable bonds is 5. The highest BCUT2D eigenvalue weighted by Gasteiger charge is 2.33. The first-order valence-electron chi connectivity index (χ1n) is 7.19. The van der Waals surface area contributed by atoms with Crippen LogP contribution in [0.5, 0.6) is 0 Å². The fourth-order valence-electron chi connectivity index (χ4n) is 3.13. The summed E-state index contributed by atoms with van der Waals surface area (Å²) in [4.78, 5) is 6.73. The van der Waals surface area contributed by atoms with E-state index in [9.17, 15) is 0 Å². The Morgan fingerprint density at radius 3 is 2.72 bits per heavy atom. The Balaban J connectivity index is 2.25. The van der Waals surface area contributed by atoms with Crippen molar-refractivity contribution in [2.75, 3.05) is 6.54 Å². The maximum Gasteiger partial charge on any atom is 0.0503 e. The minimum absolute atomic E-state index is 0.208. The molecule has 1 aromatic heterocycles. The zero-order valence-corrected chi connectivity index (χ0v) is 11.5. The molecule has 0 amide bonds. The minimum Gasteiger partial charge on any atom is -0.326 e. The average molecular weight is 247 g/mol. The van der Waals surface area contributed by atoms with Crippen molar-refractivity contribution >= 4 is 0 Å². The van der Waals surface area contributed by atoms with E-state index in [1.807, 2.05) is 12.4 Å². The molecule has 2 N–H and O–H groups in total. The van der Waals surface area contributed by atoms with Crippen LogP contribution in [0.15, 0.2) is 24.5 Å². The van der Waals surface area contributed by atoms with Gasteiger partial charge in [0, 0.05) is 24.5 Å². The second kappa shape index (κ2) is 6.30. The molecule has 3 atom stereocenters. The van der Waals surface area contributed by atoms with Crippen LogP contribution in [-0.4, -0.2) is 28.5 Å². The van der Waals surface area contributed by atoms with E-state index in [0.29, 0.717) is 12.1 Å². The molecule has 0 radical (unpaired) electrons. The van der Waals surface area contributed by atoms with Crippen LogP contribution >= 0.6 is 0 Å². The smallest absolute Gasteiger partial charge is 0.0503 e. The number of likely N-dealkylation sites (tertiary alicyclic amines) is 1. The van der Waals surface area contributed by atoms with E-state index in [-0.39, 0.29) is 6.04 Å². The molecule has 1 aliphatic rings. The van der Waals surface area contributed by atoms with E-state index in [1.165, 1.54) is 31.4 Å². The molecule has 0 aromatic carbocycles. The molecule has 100 valence electrons. The quantitative estimate of drug-likeness (QED) is 0.870. The molecule has 2 heterocycles. The van der Waals surface area contributed by atoms with Gasteiger partial charge in [-0.05, 0) is 49.9 Å². The fraction of sp³-hybridized carbons (Fsp3) is 0.667. The summed E-state index contributed by atoms with van der Waals surface area (Å²) in [5, 5.41) is 0. The van der Waals surface area contributed by atoms with E-state index < -0.39 is 0 Å². The first-order chi connectivity index (χ1) is 8.77. The molecule has 0 spiro atoms. The molecule has 1 aliphatic heterocycles. The third kappa shape index (κ3) is 2.73. The highest BCUT2D eigenvalue weighted by Crippen LogP contribution is 2.33. The Hall–Kier alpha value is -0.930. The number of nitrogens with two attached hydrogens (primary N) is 1. The predicted octanol–water partition coefficient (Wildman–Crippen LogP) is 2.73. The maximum absolute atomic E-state index is 6.38. The van der Waals surface area contributed by atoms with Crippen molar-refractivity contribution in [3.05, 3.63) is 30.1 Å². The summed E-state index contributed by atoms with van der Waals surface area (Å²) in [5.41, 5.74) is 7.70. The van der Waals surface area contributed by atoms with Gasteiger partial charge in [0.1, 0.15) is 0 Å². The van der Waals surface area contributed by atoms with E-state index in [1.54, 1.807) is 0 Å². The molecular weight excluding hydrogens is 222 g/mol. The van der Waals surface area contributed by atoms with Gasteiger partial charge in [-0.15, -0.1) is 0 Å². The summed E-state index contributed by atoms with van der Waals surface area (Å²) in [5.74, 6) is 0. The molecule has 1 aromatic rings. The highest BCUT2D eigenvalue weighted by atomic mass is 15.2. The molecule has 18 heavy (non-hydrogen) atoms. The van der Waals surface area contributed by atoms with E-state index in [0.717, 1.165) is 6.42 Å². The summed E-state index contributed by atoms with van der Waals surface area (Å²) in [7, 11) is 0. The maximum atomic E-state index is 6.38. The lowest BCUT2D eigenvalue weighted by Crippen LogP contribution is -2.43. The van der Waals surface area contributed by atoms with Crippen molar-refractivity contribution in [3.63, 3.8) is 0 Å². The summed E-state index contributed by atoms with van der Waals surface area (Å²) in [6.45, 7) is 5.64. The molecule has 1 fully saturated rings. The Bertz CT molecular complexity index is 352. The molecule has 2 rings (SSSR count). The van der Waals surface area contributed by atoms with E-state index >= 15 is 0 Å². The normalized spacial score (nSPS) is 24.1. The zero-order chi connectivity index (χ0) is 13.0. The third-order valence-corrected chi connectivity index (χ3v) is 4.18. The van der Waals surface area contributed by atoms with Crippen LogP contribution < -0.4 is 5.73 Å². The average Bonchev–Trinajstić information content (AvgIpc) is 2.88. The van der Waals surface area contributed by atoms with E-state index in [2.05, 4.69) is 35.9 Å².